The summed E-state index contributed by atoms with van der Waals surface area (Å²) in [6, 6.07) is 18.9. The fourth-order valence-electron chi connectivity index (χ4n) is 4.06. The normalized spacial score (nSPS) is 12.5. The summed E-state index contributed by atoms with van der Waals surface area (Å²) in [5, 5.41) is 3.62. The van der Waals surface area contributed by atoms with Gasteiger partial charge in [-0.05, 0) is 104 Å². The highest BCUT2D eigenvalue weighted by Crippen LogP contribution is 2.27. The monoisotopic (exact) mass is 715 g/mol. The first kappa shape index (κ1) is 32.2. The van der Waals surface area contributed by atoms with Crippen molar-refractivity contribution in [3.8, 4) is 0 Å². The van der Waals surface area contributed by atoms with Gasteiger partial charge >= 0.3 is 0 Å². The molecule has 0 heterocycles. The number of nitrogens with one attached hydrogen (secondary N) is 1. The zero-order valence-electron chi connectivity index (χ0n) is 22.7. The van der Waals surface area contributed by atoms with E-state index in [-0.39, 0.29) is 17.3 Å². The first-order valence-electron chi connectivity index (χ1n) is 12.6. The van der Waals surface area contributed by atoms with Crippen LogP contribution >= 0.6 is 45.8 Å². The van der Waals surface area contributed by atoms with E-state index in [1.54, 1.807) is 67.6 Å². The molecule has 0 aliphatic rings. The molecule has 7 nitrogen and oxygen atoms in total. The molecule has 0 aliphatic carbocycles. The highest BCUT2D eigenvalue weighted by Gasteiger charge is 2.34. The van der Waals surface area contributed by atoms with Crippen molar-refractivity contribution in [1.82, 2.24) is 10.2 Å². The van der Waals surface area contributed by atoms with Crippen molar-refractivity contribution in [2.45, 2.75) is 57.1 Å². The quantitative estimate of drug-likeness (QED) is 0.243. The van der Waals surface area contributed by atoms with E-state index in [0.717, 1.165) is 7.88 Å². The molecule has 0 bridgehead atoms. The molecule has 3 rings (SSSR count). The molecular formula is C29H32Cl2IN3O4S. The summed E-state index contributed by atoms with van der Waals surface area (Å²) in [5.74, 6) is -0.879. The average molecular weight is 716 g/mol. The molecule has 0 saturated heterocycles. The molecule has 40 heavy (non-hydrogen) atoms. The number of benzene rings is 3. The molecule has 0 fully saturated rings. The van der Waals surface area contributed by atoms with Crippen LogP contribution in [0.3, 0.4) is 0 Å². The molecule has 0 saturated carbocycles. The van der Waals surface area contributed by atoms with Crippen LogP contribution in [0, 0.1) is 3.57 Å². The minimum absolute atomic E-state index is 0.0255. The van der Waals surface area contributed by atoms with Gasteiger partial charge in [0.2, 0.25) is 11.8 Å². The van der Waals surface area contributed by atoms with Gasteiger partial charge in [-0.15, -0.1) is 0 Å². The first-order valence-corrected chi connectivity index (χ1v) is 15.9. The summed E-state index contributed by atoms with van der Waals surface area (Å²) in [5.41, 5.74) is 0.447. The molecule has 11 heteroatoms. The summed E-state index contributed by atoms with van der Waals surface area (Å²) < 4.78 is 29.6. The molecule has 0 unspecified atom stereocenters. The fraction of sp³-hybridized carbons (Fsp3) is 0.310. The molecule has 214 valence electrons. The van der Waals surface area contributed by atoms with Gasteiger partial charge in [-0.25, -0.2) is 8.42 Å². The Morgan fingerprint density at radius 2 is 1.57 bits per heavy atom. The molecule has 0 aromatic heterocycles. The van der Waals surface area contributed by atoms with E-state index in [4.69, 9.17) is 23.2 Å². The van der Waals surface area contributed by atoms with Crippen molar-refractivity contribution in [3.05, 3.63) is 92.0 Å². The number of sulfonamides is 1. The van der Waals surface area contributed by atoms with Crippen molar-refractivity contribution in [1.29, 1.82) is 0 Å². The van der Waals surface area contributed by atoms with Crippen molar-refractivity contribution in [3.63, 3.8) is 0 Å². The Morgan fingerprint density at radius 1 is 0.950 bits per heavy atom. The molecule has 3 aromatic carbocycles. The largest absolute Gasteiger partial charge is 0.350 e. The van der Waals surface area contributed by atoms with E-state index in [2.05, 4.69) is 27.9 Å². The lowest BCUT2D eigenvalue weighted by Crippen LogP contribution is -2.55. The minimum atomic E-state index is -4.12. The Bertz CT molecular complexity index is 1450. The van der Waals surface area contributed by atoms with Gasteiger partial charge in [-0.1, -0.05) is 54.4 Å². The van der Waals surface area contributed by atoms with Gasteiger partial charge in [-0.2, -0.15) is 0 Å². The number of halogens is 3. The van der Waals surface area contributed by atoms with Crippen LogP contribution in [0.2, 0.25) is 10.0 Å². The summed E-state index contributed by atoms with van der Waals surface area (Å²) in [6.45, 7) is 6.88. The predicted molar refractivity (Wildman–Crippen MR) is 169 cm³/mol. The van der Waals surface area contributed by atoms with E-state index in [9.17, 15) is 18.0 Å². The number of carbonyl (C=O) groups excluding carboxylic acids is 2. The summed E-state index contributed by atoms with van der Waals surface area (Å²) in [7, 11) is -4.12. The summed E-state index contributed by atoms with van der Waals surface area (Å²) in [6.07, 6.45) is 0.309. The molecule has 1 atom stereocenters. The minimum Gasteiger partial charge on any atom is -0.350 e. The Hall–Kier alpha value is -2.34. The predicted octanol–water partition coefficient (Wildman–Crippen LogP) is 6.52. The lowest BCUT2D eigenvalue weighted by atomic mass is 10.1. The smallest absolute Gasteiger partial charge is 0.264 e. The third-order valence-corrected chi connectivity index (χ3v) is 9.19. The molecule has 1 N–H and O–H groups in total. The number of amides is 2. The van der Waals surface area contributed by atoms with Gasteiger partial charge in [0.25, 0.3) is 10.0 Å². The van der Waals surface area contributed by atoms with Crippen LogP contribution in [0.15, 0.2) is 77.7 Å². The molecule has 0 spiro atoms. The maximum atomic E-state index is 14.1. The maximum Gasteiger partial charge on any atom is 0.264 e. The number of nitrogens with zero attached hydrogens (tertiary/aromatic N) is 2. The zero-order chi connectivity index (χ0) is 29.7. The number of hydrogen-bond donors (Lipinski definition) is 1. The Kier molecular flexibility index (Phi) is 10.9. The van der Waals surface area contributed by atoms with Gasteiger partial charge in [0.15, 0.2) is 0 Å². The van der Waals surface area contributed by atoms with Crippen LogP contribution in [0.5, 0.6) is 0 Å². The van der Waals surface area contributed by atoms with Crippen molar-refractivity contribution in [2.24, 2.45) is 0 Å². The lowest BCUT2D eigenvalue weighted by molar-refractivity contribution is -0.141. The lowest BCUT2D eigenvalue weighted by Gasteiger charge is -2.34. The topological polar surface area (TPSA) is 86.8 Å². The number of hydrogen-bond acceptors (Lipinski definition) is 4. The van der Waals surface area contributed by atoms with E-state index in [0.29, 0.717) is 27.7 Å². The van der Waals surface area contributed by atoms with Gasteiger partial charge in [-0.3, -0.25) is 13.9 Å². The first-order chi connectivity index (χ1) is 18.7. The summed E-state index contributed by atoms with van der Waals surface area (Å²) >= 11 is 14.5. The van der Waals surface area contributed by atoms with Gasteiger partial charge in [0, 0.05) is 15.7 Å². The Balaban J connectivity index is 2.07. The highest BCUT2D eigenvalue weighted by molar-refractivity contribution is 14.1. The van der Waals surface area contributed by atoms with Crippen molar-refractivity contribution < 1.29 is 18.0 Å². The Morgan fingerprint density at radius 3 is 2.12 bits per heavy atom. The van der Waals surface area contributed by atoms with Crippen LogP contribution in [-0.2, 0) is 26.2 Å². The van der Waals surface area contributed by atoms with Gasteiger partial charge in [0.1, 0.15) is 12.6 Å². The molecule has 0 aliphatic heterocycles. The molecule has 2 amide bonds. The van der Waals surface area contributed by atoms with Gasteiger partial charge < -0.3 is 10.2 Å². The Labute approximate surface area is 260 Å². The highest BCUT2D eigenvalue weighted by atomic mass is 127. The van der Waals surface area contributed by atoms with Crippen LogP contribution < -0.4 is 9.62 Å². The van der Waals surface area contributed by atoms with Crippen LogP contribution in [-0.4, -0.2) is 43.3 Å². The molecule has 0 radical (unpaired) electrons. The van der Waals surface area contributed by atoms with Crippen LogP contribution in [0.4, 0.5) is 5.69 Å². The number of carbonyl (C=O) groups is 2. The second-order valence-electron chi connectivity index (χ2n) is 10.2. The average Bonchev–Trinajstić information content (AvgIpc) is 2.89. The van der Waals surface area contributed by atoms with E-state index >= 15 is 0 Å². The SMILES string of the molecule is CC[C@H](C(=O)NC(C)(C)C)N(Cc1ccc(Cl)c(Cl)c1)C(=O)CN(c1ccc(I)cc1)S(=O)(=O)c1ccccc1. The fourth-order valence-corrected chi connectivity index (χ4v) is 6.18. The van der Waals surface area contributed by atoms with Crippen LogP contribution in [0.1, 0.15) is 39.7 Å². The molecular weight excluding hydrogens is 684 g/mol. The standard InChI is InChI=1S/C29H32Cl2IN3O4S/c1-5-26(28(37)33-29(2,3)4)34(18-20-11-16-24(30)25(31)17-20)27(36)19-35(22-14-12-21(32)13-15-22)40(38,39)23-9-7-6-8-10-23/h6-17,26H,5,18-19H2,1-4H3,(H,33,37)/t26-/m1/s1. The second kappa shape index (κ2) is 13.5. The molecule has 3 aromatic rings. The third-order valence-electron chi connectivity index (χ3n) is 5.95. The van der Waals surface area contributed by atoms with E-state index in [1.165, 1.54) is 17.0 Å². The van der Waals surface area contributed by atoms with Crippen LogP contribution in [0.25, 0.3) is 0 Å². The van der Waals surface area contributed by atoms with Gasteiger partial charge in [0.05, 0.1) is 20.6 Å². The van der Waals surface area contributed by atoms with E-state index < -0.39 is 34.1 Å². The number of anilines is 1. The number of rotatable bonds is 10. The maximum absolute atomic E-state index is 14.1. The van der Waals surface area contributed by atoms with E-state index in [1.807, 2.05) is 20.8 Å². The van der Waals surface area contributed by atoms with Crippen molar-refractivity contribution >= 4 is 73.3 Å². The second-order valence-corrected chi connectivity index (χ2v) is 14.2. The summed E-state index contributed by atoms with van der Waals surface area (Å²) in [4.78, 5) is 28.9. The zero-order valence-corrected chi connectivity index (χ0v) is 27.2. The van der Waals surface area contributed by atoms with Crippen molar-refractivity contribution in [2.75, 3.05) is 10.8 Å². The third kappa shape index (κ3) is 8.34.